The average molecular weight is 358 g/mol. The van der Waals surface area contributed by atoms with Gasteiger partial charge < -0.3 is 25.4 Å². The second-order valence-electron chi connectivity index (χ2n) is 5.79. The van der Waals surface area contributed by atoms with Crippen LogP contribution in [0.1, 0.15) is 17.3 Å². The molecule has 0 spiro atoms. The summed E-state index contributed by atoms with van der Waals surface area (Å²) in [6.45, 7) is 4.52. The molecule has 3 N–H and O–H groups in total. The van der Waals surface area contributed by atoms with Gasteiger partial charge in [-0.25, -0.2) is 0 Å². The van der Waals surface area contributed by atoms with Crippen LogP contribution in [-0.2, 0) is 4.74 Å². The number of ketones is 1. The van der Waals surface area contributed by atoms with Crippen molar-refractivity contribution >= 4 is 29.3 Å². The van der Waals surface area contributed by atoms with E-state index < -0.39 is 0 Å². The van der Waals surface area contributed by atoms with Gasteiger partial charge in [0.2, 0.25) is 17.8 Å². The van der Waals surface area contributed by atoms with Gasteiger partial charge in [0.15, 0.2) is 5.78 Å². The van der Waals surface area contributed by atoms with Gasteiger partial charge in [0.1, 0.15) is 0 Å². The van der Waals surface area contributed by atoms with Crippen molar-refractivity contribution in [3.63, 3.8) is 0 Å². The molecular weight excluding hydrogens is 336 g/mol. The highest BCUT2D eigenvalue weighted by molar-refractivity contribution is 5.94. The Labute approximate surface area is 151 Å². The second-order valence-corrected chi connectivity index (χ2v) is 5.79. The number of Topliss-reactive ketones (excluding diaryl/α,β-unsaturated/α-hetero) is 1. The van der Waals surface area contributed by atoms with E-state index in [4.69, 9.17) is 9.84 Å². The Morgan fingerprint density at radius 1 is 1.15 bits per heavy atom. The van der Waals surface area contributed by atoms with Crippen molar-refractivity contribution < 1.29 is 14.6 Å². The van der Waals surface area contributed by atoms with Gasteiger partial charge in [-0.1, -0.05) is 0 Å². The number of aromatic nitrogens is 3. The fourth-order valence-electron chi connectivity index (χ4n) is 2.49. The number of ether oxygens (including phenoxy) is 1. The predicted octanol–water partition coefficient (Wildman–Crippen LogP) is 1.06. The maximum absolute atomic E-state index is 11.4. The van der Waals surface area contributed by atoms with E-state index in [9.17, 15) is 4.79 Å². The first-order chi connectivity index (χ1) is 12.7. The van der Waals surface area contributed by atoms with E-state index in [1.165, 1.54) is 6.92 Å². The SMILES string of the molecule is CC(=O)c1ccc(Nc2nc(NCCO)nc(N3CCOCC3)n2)cc1. The van der Waals surface area contributed by atoms with Crippen LogP contribution in [0.5, 0.6) is 0 Å². The van der Waals surface area contributed by atoms with Crippen molar-refractivity contribution in [1.82, 2.24) is 15.0 Å². The summed E-state index contributed by atoms with van der Waals surface area (Å²) in [4.78, 5) is 26.6. The lowest BCUT2D eigenvalue weighted by Crippen LogP contribution is -2.37. The molecule has 9 nitrogen and oxygen atoms in total. The summed E-state index contributed by atoms with van der Waals surface area (Å²) in [7, 11) is 0. The molecule has 26 heavy (non-hydrogen) atoms. The molecule has 3 rings (SSSR count). The summed E-state index contributed by atoms with van der Waals surface area (Å²) in [5, 5.41) is 15.1. The number of nitrogens with one attached hydrogen (secondary N) is 2. The fourth-order valence-corrected chi connectivity index (χ4v) is 2.49. The van der Waals surface area contributed by atoms with Crippen molar-refractivity contribution in [2.24, 2.45) is 0 Å². The molecule has 2 heterocycles. The molecule has 1 saturated heterocycles. The third-order valence-electron chi connectivity index (χ3n) is 3.86. The molecule has 1 aliphatic heterocycles. The molecule has 1 aromatic heterocycles. The van der Waals surface area contributed by atoms with Crippen LogP contribution in [-0.4, -0.2) is 65.3 Å². The molecule has 0 unspecified atom stereocenters. The Bertz CT molecular complexity index is 747. The smallest absolute Gasteiger partial charge is 0.233 e. The number of benzene rings is 1. The van der Waals surface area contributed by atoms with Crippen LogP contribution in [0.25, 0.3) is 0 Å². The van der Waals surface area contributed by atoms with Crippen molar-refractivity contribution in [2.75, 3.05) is 55.0 Å². The molecule has 138 valence electrons. The number of hydrogen-bond donors (Lipinski definition) is 3. The Balaban J connectivity index is 1.82. The van der Waals surface area contributed by atoms with E-state index in [2.05, 4.69) is 25.6 Å². The van der Waals surface area contributed by atoms with Crippen molar-refractivity contribution in [2.45, 2.75) is 6.92 Å². The van der Waals surface area contributed by atoms with E-state index in [-0.39, 0.29) is 12.4 Å². The maximum atomic E-state index is 11.4. The number of carbonyl (C=O) groups excluding carboxylic acids is 1. The zero-order valence-electron chi connectivity index (χ0n) is 14.6. The quantitative estimate of drug-likeness (QED) is 0.625. The number of rotatable bonds is 7. The van der Waals surface area contributed by atoms with Gasteiger partial charge in [0.25, 0.3) is 0 Å². The summed E-state index contributed by atoms with van der Waals surface area (Å²) < 4.78 is 5.37. The number of hydrogen-bond acceptors (Lipinski definition) is 9. The topological polar surface area (TPSA) is 112 Å². The van der Waals surface area contributed by atoms with Gasteiger partial charge in [0, 0.05) is 30.9 Å². The summed E-state index contributed by atoms with van der Waals surface area (Å²) in [5.41, 5.74) is 1.41. The molecule has 0 saturated carbocycles. The molecule has 1 aliphatic rings. The van der Waals surface area contributed by atoms with Gasteiger partial charge >= 0.3 is 0 Å². The highest BCUT2D eigenvalue weighted by atomic mass is 16.5. The minimum Gasteiger partial charge on any atom is -0.395 e. The number of aliphatic hydroxyl groups excluding tert-OH is 1. The number of anilines is 4. The van der Waals surface area contributed by atoms with E-state index >= 15 is 0 Å². The van der Waals surface area contributed by atoms with Crippen LogP contribution in [0.4, 0.5) is 23.5 Å². The number of aliphatic hydroxyl groups is 1. The number of nitrogens with zero attached hydrogens (tertiary/aromatic N) is 4. The van der Waals surface area contributed by atoms with Gasteiger partial charge in [-0.2, -0.15) is 15.0 Å². The highest BCUT2D eigenvalue weighted by Crippen LogP contribution is 2.19. The molecule has 0 bridgehead atoms. The number of carbonyl (C=O) groups is 1. The Morgan fingerprint density at radius 2 is 1.85 bits per heavy atom. The Morgan fingerprint density at radius 3 is 2.50 bits per heavy atom. The lowest BCUT2D eigenvalue weighted by molar-refractivity contribution is 0.101. The first-order valence-corrected chi connectivity index (χ1v) is 8.47. The van der Waals surface area contributed by atoms with Gasteiger partial charge in [-0.3, -0.25) is 4.79 Å². The third-order valence-corrected chi connectivity index (χ3v) is 3.86. The minimum atomic E-state index is -0.0200. The van der Waals surface area contributed by atoms with Crippen LogP contribution in [0.2, 0.25) is 0 Å². The fraction of sp³-hybridized carbons (Fsp3) is 0.412. The largest absolute Gasteiger partial charge is 0.395 e. The molecule has 1 aromatic carbocycles. The van der Waals surface area contributed by atoms with E-state index in [1.807, 2.05) is 4.90 Å². The van der Waals surface area contributed by atoms with E-state index in [0.717, 1.165) is 5.69 Å². The zero-order valence-corrected chi connectivity index (χ0v) is 14.6. The van der Waals surface area contributed by atoms with Crippen LogP contribution >= 0.6 is 0 Å². The van der Waals surface area contributed by atoms with Gasteiger partial charge in [-0.05, 0) is 31.2 Å². The predicted molar refractivity (Wildman–Crippen MR) is 98.2 cm³/mol. The molecule has 0 radical (unpaired) electrons. The molecule has 0 aliphatic carbocycles. The van der Waals surface area contributed by atoms with Crippen LogP contribution in [0.15, 0.2) is 24.3 Å². The van der Waals surface area contributed by atoms with E-state index in [1.54, 1.807) is 24.3 Å². The summed E-state index contributed by atoms with van der Waals surface area (Å²) >= 11 is 0. The Kier molecular flexibility index (Phi) is 5.92. The maximum Gasteiger partial charge on any atom is 0.233 e. The van der Waals surface area contributed by atoms with Crippen molar-refractivity contribution in [3.05, 3.63) is 29.8 Å². The zero-order chi connectivity index (χ0) is 18.4. The highest BCUT2D eigenvalue weighted by Gasteiger charge is 2.16. The molecule has 1 fully saturated rings. The Hall–Kier alpha value is -2.78. The average Bonchev–Trinajstić information content (AvgIpc) is 2.67. The van der Waals surface area contributed by atoms with Gasteiger partial charge in [0.05, 0.1) is 19.8 Å². The lowest BCUT2D eigenvalue weighted by Gasteiger charge is -2.27. The van der Waals surface area contributed by atoms with E-state index in [0.29, 0.717) is 56.3 Å². The molecular formula is C17H22N6O3. The molecule has 9 heteroatoms. The first kappa shape index (κ1) is 18.0. The second kappa shape index (κ2) is 8.54. The lowest BCUT2D eigenvalue weighted by atomic mass is 10.1. The molecule has 0 atom stereocenters. The summed E-state index contributed by atoms with van der Waals surface area (Å²) in [6, 6.07) is 7.10. The molecule has 0 amide bonds. The van der Waals surface area contributed by atoms with Crippen LogP contribution < -0.4 is 15.5 Å². The standard InChI is InChI=1S/C17H22N6O3/c1-12(25)13-2-4-14(5-3-13)19-16-20-15(18-6-9-24)21-17(22-16)23-7-10-26-11-8-23/h2-5,24H,6-11H2,1H3,(H2,18,19,20,21,22). The summed E-state index contributed by atoms with van der Waals surface area (Å²) in [6.07, 6.45) is 0. The summed E-state index contributed by atoms with van der Waals surface area (Å²) in [5.74, 6) is 1.34. The van der Waals surface area contributed by atoms with Crippen molar-refractivity contribution in [1.29, 1.82) is 0 Å². The number of morpholine rings is 1. The van der Waals surface area contributed by atoms with Crippen molar-refractivity contribution in [3.8, 4) is 0 Å². The minimum absolute atomic E-state index is 0.0156. The normalized spacial score (nSPS) is 14.2. The first-order valence-electron chi connectivity index (χ1n) is 8.47. The van der Waals surface area contributed by atoms with Crippen LogP contribution in [0.3, 0.4) is 0 Å². The molecule has 2 aromatic rings. The van der Waals surface area contributed by atoms with Crippen LogP contribution in [0, 0.1) is 0 Å². The van der Waals surface area contributed by atoms with Gasteiger partial charge in [-0.15, -0.1) is 0 Å². The monoisotopic (exact) mass is 358 g/mol. The third kappa shape index (κ3) is 4.64.